The van der Waals surface area contributed by atoms with Crippen molar-refractivity contribution in [1.29, 1.82) is 0 Å². The van der Waals surface area contributed by atoms with Gasteiger partial charge in [0.15, 0.2) is 0 Å². The second-order valence-corrected chi connectivity index (χ2v) is 5.05. The van der Waals surface area contributed by atoms with E-state index in [1.54, 1.807) is 6.33 Å². The number of hydrogen-bond acceptors (Lipinski definition) is 6. The fraction of sp³-hybridized carbons (Fsp3) is 0.500. The molecule has 19 heavy (non-hydrogen) atoms. The molecular formula is C12H18N6S. The zero-order valence-corrected chi connectivity index (χ0v) is 12.2. The van der Waals surface area contributed by atoms with Gasteiger partial charge in [0.05, 0.1) is 0 Å². The lowest BCUT2D eigenvalue weighted by atomic mass is 10.2. The van der Waals surface area contributed by atoms with Crippen LogP contribution in [-0.2, 0) is 6.42 Å². The molecule has 2 aromatic heterocycles. The highest BCUT2D eigenvalue weighted by atomic mass is 32.2. The molecule has 102 valence electrons. The van der Waals surface area contributed by atoms with Crippen LogP contribution in [-0.4, -0.2) is 31.7 Å². The van der Waals surface area contributed by atoms with Crippen LogP contribution in [0.1, 0.15) is 31.7 Å². The Morgan fingerprint density at radius 1 is 1.32 bits per heavy atom. The monoisotopic (exact) mass is 278 g/mol. The first kappa shape index (κ1) is 13.8. The normalized spacial score (nSPS) is 10.7. The van der Waals surface area contributed by atoms with Crippen molar-refractivity contribution in [3.63, 3.8) is 0 Å². The maximum absolute atomic E-state index is 4.36. The molecule has 0 bridgehead atoms. The van der Waals surface area contributed by atoms with Crippen molar-refractivity contribution in [2.75, 3.05) is 11.9 Å². The molecule has 2 heterocycles. The van der Waals surface area contributed by atoms with E-state index in [-0.39, 0.29) is 0 Å². The molecular weight excluding hydrogens is 260 g/mol. The van der Waals surface area contributed by atoms with Gasteiger partial charge in [-0.1, -0.05) is 13.3 Å². The van der Waals surface area contributed by atoms with Gasteiger partial charge in [-0.15, -0.1) is 5.10 Å². The van der Waals surface area contributed by atoms with E-state index in [2.05, 4.69) is 44.3 Å². The second-order valence-electron chi connectivity index (χ2n) is 4.09. The number of aromatic amines is 1. The van der Waals surface area contributed by atoms with Crippen LogP contribution in [0.4, 0.5) is 5.82 Å². The number of H-pyrrole nitrogens is 1. The third kappa shape index (κ3) is 3.44. The predicted octanol–water partition coefficient (Wildman–Crippen LogP) is 2.44. The van der Waals surface area contributed by atoms with Crippen LogP contribution < -0.4 is 5.32 Å². The van der Waals surface area contributed by atoms with E-state index >= 15 is 0 Å². The zero-order valence-electron chi connectivity index (χ0n) is 11.4. The molecule has 0 aliphatic heterocycles. The molecule has 0 aliphatic carbocycles. The fourth-order valence-corrected chi connectivity index (χ4v) is 2.60. The van der Waals surface area contributed by atoms with Crippen molar-refractivity contribution in [3.05, 3.63) is 17.7 Å². The number of rotatable bonds is 6. The second kappa shape index (κ2) is 6.51. The number of anilines is 1. The molecule has 0 aromatic carbocycles. The van der Waals surface area contributed by atoms with E-state index in [1.165, 1.54) is 11.8 Å². The molecule has 0 saturated heterocycles. The average Bonchev–Trinajstić information content (AvgIpc) is 2.79. The van der Waals surface area contributed by atoms with Crippen LogP contribution in [0.25, 0.3) is 0 Å². The minimum Gasteiger partial charge on any atom is -0.370 e. The highest BCUT2D eigenvalue weighted by Crippen LogP contribution is 2.29. The third-order valence-corrected chi connectivity index (χ3v) is 3.43. The molecule has 0 amide bonds. The molecule has 2 aromatic rings. The maximum atomic E-state index is 4.36. The van der Waals surface area contributed by atoms with E-state index in [1.807, 2.05) is 6.92 Å². The SMILES string of the molecule is CCCc1c(NCC)ncnc1Sc1n[nH]c(C)n1. The van der Waals surface area contributed by atoms with Gasteiger partial charge in [-0.2, -0.15) is 0 Å². The first-order valence-electron chi connectivity index (χ1n) is 6.39. The van der Waals surface area contributed by atoms with Crippen LogP contribution in [0, 0.1) is 6.92 Å². The summed E-state index contributed by atoms with van der Waals surface area (Å²) in [5.41, 5.74) is 1.14. The van der Waals surface area contributed by atoms with Crippen molar-refractivity contribution in [2.45, 2.75) is 43.8 Å². The van der Waals surface area contributed by atoms with Gasteiger partial charge in [0, 0.05) is 12.1 Å². The number of nitrogens with one attached hydrogen (secondary N) is 2. The lowest BCUT2D eigenvalue weighted by molar-refractivity contribution is 0.852. The van der Waals surface area contributed by atoms with Crippen LogP contribution in [0.3, 0.4) is 0 Å². The Morgan fingerprint density at radius 3 is 2.79 bits per heavy atom. The summed E-state index contributed by atoms with van der Waals surface area (Å²) in [5.74, 6) is 1.72. The van der Waals surface area contributed by atoms with E-state index in [0.717, 1.165) is 41.6 Å². The largest absolute Gasteiger partial charge is 0.370 e. The van der Waals surface area contributed by atoms with Crippen molar-refractivity contribution in [1.82, 2.24) is 25.1 Å². The van der Waals surface area contributed by atoms with Gasteiger partial charge in [-0.05, 0) is 32.0 Å². The van der Waals surface area contributed by atoms with Gasteiger partial charge in [-0.3, -0.25) is 5.10 Å². The van der Waals surface area contributed by atoms with Gasteiger partial charge in [0.1, 0.15) is 23.0 Å². The Kier molecular flexibility index (Phi) is 4.73. The van der Waals surface area contributed by atoms with E-state index in [9.17, 15) is 0 Å². The summed E-state index contributed by atoms with van der Waals surface area (Å²) in [6.07, 6.45) is 3.57. The number of hydrogen-bond donors (Lipinski definition) is 2. The molecule has 0 saturated carbocycles. The summed E-state index contributed by atoms with van der Waals surface area (Å²) < 4.78 is 0. The smallest absolute Gasteiger partial charge is 0.214 e. The highest BCUT2D eigenvalue weighted by Gasteiger charge is 2.13. The van der Waals surface area contributed by atoms with Gasteiger partial charge in [0.25, 0.3) is 0 Å². The standard InChI is InChI=1S/C12H18N6S/c1-4-6-9-10(13-5-2)14-7-15-11(9)19-12-16-8(3)17-18-12/h7H,4-6H2,1-3H3,(H,13,14,15)(H,16,17,18). The van der Waals surface area contributed by atoms with Crippen molar-refractivity contribution in [2.24, 2.45) is 0 Å². The quantitative estimate of drug-likeness (QED) is 0.790. The molecule has 0 fully saturated rings. The number of aryl methyl sites for hydroxylation is 1. The molecule has 7 heteroatoms. The van der Waals surface area contributed by atoms with E-state index < -0.39 is 0 Å². The number of aromatic nitrogens is 5. The van der Waals surface area contributed by atoms with Crippen molar-refractivity contribution < 1.29 is 0 Å². The number of nitrogens with zero attached hydrogens (tertiary/aromatic N) is 4. The first-order chi connectivity index (χ1) is 9.24. The fourth-order valence-electron chi connectivity index (χ4n) is 1.73. The molecule has 0 aliphatic rings. The Labute approximate surface area is 116 Å². The van der Waals surface area contributed by atoms with Crippen molar-refractivity contribution in [3.8, 4) is 0 Å². The molecule has 2 N–H and O–H groups in total. The minimum absolute atomic E-state index is 0.691. The Balaban J connectivity index is 2.29. The highest BCUT2D eigenvalue weighted by molar-refractivity contribution is 7.99. The van der Waals surface area contributed by atoms with Gasteiger partial charge in [-0.25, -0.2) is 15.0 Å². The first-order valence-corrected chi connectivity index (χ1v) is 7.20. The third-order valence-electron chi connectivity index (χ3n) is 2.51. The zero-order chi connectivity index (χ0) is 13.7. The summed E-state index contributed by atoms with van der Waals surface area (Å²) in [4.78, 5) is 13.0. The molecule has 0 radical (unpaired) electrons. The summed E-state index contributed by atoms with van der Waals surface area (Å²) in [7, 11) is 0. The van der Waals surface area contributed by atoms with E-state index in [4.69, 9.17) is 0 Å². The lowest BCUT2D eigenvalue weighted by Crippen LogP contribution is -2.06. The molecule has 2 rings (SSSR count). The topological polar surface area (TPSA) is 79.4 Å². The molecule has 0 spiro atoms. The maximum Gasteiger partial charge on any atom is 0.214 e. The lowest BCUT2D eigenvalue weighted by Gasteiger charge is -2.11. The van der Waals surface area contributed by atoms with E-state index in [0.29, 0.717) is 5.16 Å². The summed E-state index contributed by atoms with van der Waals surface area (Å²) in [5, 5.41) is 11.9. The summed E-state index contributed by atoms with van der Waals surface area (Å²) in [6, 6.07) is 0. The minimum atomic E-state index is 0.691. The summed E-state index contributed by atoms with van der Waals surface area (Å²) >= 11 is 1.47. The Bertz CT molecular complexity index is 539. The predicted molar refractivity (Wildman–Crippen MR) is 75.4 cm³/mol. The molecule has 6 nitrogen and oxygen atoms in total. The van der Waals surface area contributed by atoms with Gasteiger partial charge in [0.2, 0.25) is 5.16 Å². The Morgan fingerprint density at radius 2 is 2.16 bits per heavy atom. The van der Waals surface area contributed by atoms with Gasteiger partial charge >= 0.3 is 0 Å². The van der Waals surface area contributed by atoms with Crippen molar-refractivity contribution >= 4 is 17.6 Å². The average molecular weight is 278 g/mol. The van der Waals surface area contributed by atoms with Crippen LogP contribution in [0.5, 0.6) is 0 Å². The van der Waals surface area contributed by atoms with Crippen LogP contribution in [0.15, 0.2) is 16.5 Å². The summed E-state index contributed by atoms with van der Waals surface area (Å²) in [6.45, 7) is 6.93. The molecule has 0 atom stereocenters. The van der Waals surface area contributed by atoms with Gasteiger partial charge < -0.3 is 5.32 Å². The van der Waals surface area contributed by atoms with Crippen LogP contribution >= 0.6 is 11.8 Å². The molecule has 0 unspecified atom stereocenters. The Hall–Kier alpha value is -1.63. The van der Waals surface area contributed by atoms with Crippen LogP contribution in [0.2, 0.25) is 0 Å².